The SMILES string of the molecule is NNc1nc2sccn2c1S(=O)(=O)N1CC2CCCC2C1. The van der Waals surface area contributed by atoms with Crippen LogP contribution in [-0.2, 0) is 10.0 Å². The van der Waals surface area contributed by atoms with Crippen molar-refractivity contribution in [3.05, 3.63) is 11.6 Å². The molecular formula is C12H17N5O2S2. The van der Waals surface area contributed by atoms with E-state index in [9.17, 15) is 8.42 Å². The Hall–Kier alpha value is -1.16. The second kappa shape index (κ2) is 4.67. The van der Waals surface area contributed by atoms with Crippen molar-refractivity contribution in [3.8, 4) is 0 Å². The molecule has 2 aromatic heterocycles. The van der Waals surface area contributed by atoms with E-state index in [-0.39, 0.29) is 10.8 Å². The molecule has 1 saturated heterocycles. The van der Waals surface area contributed by atoms with Crippen LogP contribution in [-0.4, -0.2) is 35.2 Å². The Morgan fingerprint density at radius 3 is 2.71 bits per heavy atom. The van der Waals surface area contributed by atoms with Gasteiger partial charge in [0.15, 0.2) is 10.8 Å². The number of sulfonamides is 1. The molecule has 21 heavy (non-hydrogen) atoms. The van der Waals surface area contributed by atoms with Crippen LogP contribution in [0.2, 0.25) is 0 Å². The van der Waals surface area contributed by atoms with E-state index in [0.717, 1.165) is 12.8 Å². The molecule has 1 aliphatic carbocycles. The van der Waals surface area contributed by atoms with Crippen LogP contribution in [0.5, 0.6) is 0 Å². The number of nitrogens with zero attached hydrogens (tertiary/aromatic N) is 3. The number of fused-ring (bicyclic) bond motifs is 2. The lowest BCUT2D eigenvalue weighted by Crippen LogP contribution is -2.31. The first-order chi connectivity index (χ1) is 10.1. The van der Waals surface area contributed by atoms with Crippen LogP contribution >= 0.6 is 11.3 Å². The van der Waals surface area contributed by atoms with Gasteiger partial charge in [-0.15, -0.1) is 11.3 Å². The van der Waals surface area contributed by atoms with Gasteiger partial charge in [-0.3, -0.25) is 4.40 Å². The molecule has 2 fully saturated rings. The molecule has 0 amide bonds. The Labute approximate surface area is 126 Å². The average molecular weight is 327 g/mol. The molecule has 7 nitrogen and oxygen atoms in total. The number of imidazole rings is 1. The highest BCUT2D eigenvalue weighted by Gasteiger charge is 2.43. The number of nitrogens with one attached hydrogen (secondary N) is 1. The van der Waals surface area contributed by atoms with Crippen molar-refractivity contribution in [2.75, 3.05) is 18.5 Å². The van der Waals surface area contributed by atoms with Crippen molar-refractivity contribution in [3.63, 3.8) is 0 Å². The van der Waals surface area contributed by atoms with Gasteiger partial charge in [-0.05, 0) is 24.7 Å². The van der Waals surface area contributed by atoms with Crippen LogP contribution in [0.3, 0.4) is 0 Å². The smallest absolute Gasteiger partial charge is 0.262 e. The van der Waals surface area contributed by atoms with Crippen LogP contribution in [0.15, 0.2) is 16.6 Å². The fourth-order valence-electron chi connectivity index (χ4n) is 3.62. The maximum atomic E-state index is 13.0. The molecule has 2 atom stereocenters. The molecule has 2 aliphatic rings. The van der Waals surface area contributed by atoms with E-state index in [1.165, 1.54) is 17.8 Å². The van der Waals surface area contributed by atoms with Crippen molar-refractivity contribution in [2.45, 2.75) is 24.3 Å². The van der Waals surface area contributed by atoms with Gasteiger partial charge in [0, 0.05) is 24.7 Å². The Morgan fingerprint density at radius 1 is 1.33 bits per heavy atom. The summed E-state index contributed by atoms with van der Waals surface area (Å²) in [5, 5.41) is 1.97. The zero-order valence-electron chi connectivity index (χ0n) is 11.4. The molecule has 3 heterocycles. The maximum Gasteiger partial charge on any atom is 0.262 e. The van der Waals surface area contributed by atoms with Gasteiger partial charge < -0.3 is 5.43 Å². The quantitative estimate of drug-likeness (QED) is 0.650. The monoisotopic (exact) mass is 327 g/mol. The van der Waals surface area contributed by atoms with Crippen LogP contribution in [0, 0.1) is 11.8 Å². The third-order valence-electron chi connectivity index (χ3n) is 4.63. The lowest BCUT2D eigenvalue weighted by atomic mass is 10.0. The molecule has 1 saturated carbocycles. The van der Waals surface area contributed by atoms with Gasteiger partial charge >= 0.3 is 0 Å². The number of thiazole rings is 1. The number of hydrogen-bond donors (Lipinski definition) is 2. The molecule has 0 spiro atoms. The van der Waals surface area contributed by atoms with Crippen molar-refractivity contribution in [2.24, 2.45) is 17.7 Å². The van der Waals surface area contributed by atoms with Gasteiger partial charge in [0.05, 0.1) is 0 Å². The third-order valence-corrected chi connectivity index (χ3v) is 7.25. The van der Waals surface area contributed by atoms with Crippen LogP contribution in [0.4, 0.5) is 5.82 Å². The zero-order chi connectivity index (χ0) is 14.6. The van der Waals surface area contributed by atoms with E-state index < -0.39 is 10.0 Å². The van der Waals surface area contributed by atoms with Gasteiger partial charge in [0.2, 0.25) is 5.03 Å². The molecule has 2 unspecified atom stereocenters. The van der Waals surface area contributed by atoms with E-state index in [0.29, 0.717) is 29.9 Å². The van der Waals surface area contributed by atoms with E-state index in [1.807, 2.05) is 5.38 Å². The van der Waals surface area contributed by atoms with E-state index >= 15 is 0 Å². The Bertz CT molecular complexity index is 769. The van der Waals surface area contributed by atoms with Crippen molar-refractivity contribution in [1.29, 1.82) is 0 Å². The third kappa shape index (κ3) is 1.91. The summed E-state index contributed by atoms with van der Waals surface area (Å²) in [6.07, 6.45) is 5.22. The van der Waals surface area contributed by atoms with E-state index in [1.54, 1.807) is 14.9 Å². The molecule has 1 aliphatic heterocycles. The lowest BCUT2D eigenvalue weighted by Gasteiger charge is -2.17. The van der Waals surface area contributed by atoms with Crippen molar-refractivity contribution >= 4 is 32.1 Å². The second-order valence-corrected chi connectivity index (χ2v) is 8.46. The summed E-state index contributed by atoms with van der Waals surface area (Å²) in [5.41, 5.74) is 2.42. The Morgan fingerprint density at radius 2 is 2.05 bits per heavy atom. The van der Waals surface area contributed by atoms with Gasteiger partial charge in [0.25, 0.3) is 10.0 Å². The van der Waals surface area contributed by atoms with Gasteiger partial charge in [-0.2, -0.15) is 9.29 Å². The van der Waals surface area contributed by atoms with E-state index in [4.69, 9.17) is 5.84 Å². The highest BCUT2D eigenvalue weighted by atomic mass is 32.2. The van der Waals surface area contributed by atoms with Crippen molar-refractivity contribution in [1.82, 2.24) is 13.7 Å². The number of nitrogens with two attached hydrogens (primary N) is 1. The lowest BCUT2D eigenvalue weighted by molar-refractivity contribution is 0.443. The highest BCUT2D eigenvalue weighted by Crippen LogP contribution is 2.40. The summed E-state index contributed by atoms with van der Waals surface area (Å²) in [7, 11) is -3.58. The summed E-state index contributed by atoms with van der Waals surface area (Å²) in [6, 6.07) is 0. The summed E-state index contributed by atoms with van der Waals surface area (Å²) in [4.78, 5) is 4.87. The molecule has 0 aromatic carbocycles. The molecule has 3 N–H and O–H groups in total. The fraction of sp³-hybridized carbons (Fsp3) is 0.583. The predicted octanol–water partition coefficient (Wildman–Crippen LogP) is 1.10. The first-order valence-corrected chi connectivity index (χ1v) is 9.35. The number of rotatable bonds is 3. The highest BCUT2D eigenvalue weighted by molar-refractivity contribution is 7.89. The summed E-state index contributed by atoms with van der Waals surface area (Å²) < 4.78 is 29.2. The zero-order valence-corrected chi connectivity index (χ0v) is 13.0. The van der Waals surface area contributed by atoms with E-state index in [2.05, 4.69) is 10.4 Å². The molecule has 4 rings (SSSR count). The van der Waals surface area contributed by atoms with Crippen LogP contribution in [0.1, 0.15) is 19.3 Å². The Balaban J connectivity index is 1.78. The average Bonchev–Trinajstić information content (AvgIpc) is 3.16. The minimum absolute atomic E-state index is 0.154. The van der Waals surface area contributed by atoms with Gasteiger partial charge in [-0.25, -0.2) is 14.3 Å². The molecule has 2 aromatic rings. The second-order valence-electron chi connectivity index (χ2n) is 5.74. The molecule has 114 valence electrons. The largest absolute Gasteiger partial charge is 0.306 e. The number of anilines is 1. The summed E-state index contributed by atoms with van der Waals surface area (Å²) in [6.45, 7) is 1.24. The first kappa shape index (κ1) is 13.5. The summed E-state index contributed by atoms with van der Waals surface area (Å²) in [5.74, 6) is 6.71. The first-order valence-electron chi connectivity index (χ1n) is 7.03. The standard InChI is InChI=1S/C12H17N5O2S2/c13-15-10-11(17-4-5-20-12(17)14-10)21(18,19)16-6-8-2-1-3-9(8)7-16/h4-5,8-9,15H,1-3,6-7,13H2. The fourth-order valence-corrected chi connectivity index (χ4v) is 6.15. The maximum absolute atomic E-state index is 13.0. The van der Waals surface area contributed by atoms with Gasteiger partial charge in [-0.1, -0.05) is 6.42 Å². The number of hydrogen-bond acceptors (Lipinski definition) is 6. The molecular weight excluding hydrogens is 310 g/mol. The van der Waals surface area contributed by atoms with Gasteiger partial charge in [0.1, 0.15) is 0 Å². The normalized spacial score (nSPS) is 26.5. The molecule has 0 bridgehead atoms. The molecule has 0 radical (unpaired) electrons. The summed E-state index contributed by atoms with van der Waals surface area (Å²) >= 11 is 1.39. The minimum Gasteiger partial charge on any atom is -0.306 e. The Kier molecular flexibility index (Phi) is 3.00. The number of nitrogen functional groups attached to an aromatic ring is 1. The predicted molar refractivity (Wildman–Crippen MR) is 80.5 cm³/mol. The minimum atomic E-state index is -3.58. The molecule has 9 heteroatoms. The number of hydrazine groups is 1. The van der Waals surface area contributed by atoms with Crippen molar-refractivity contribution < 1.29 is 8.42 Å². The topological polar surface area (TPSA) is 92.7 Å². The number of aromatic nitrogens is 2. The van der Waals surface area contributed by atoms with Crippen LogP contribution < -0.4 is 11.3 Å². The van der Waals surface area contributed by atoms with Crippen LogP contribution in [0.25, 0.3) is 4.96 Å².